The fourth-order valence-corrected chi connectivity index (χ4v) is 3.29. The van der Waals surface area contributed by atoms with Crippen molar-refractivity contribution in [2.75, 3.05) is 6.54 Å². The van der Waals surface area contributed by atoms with Crippen LogP contribution in [0.5, 0.6) is 5.06 Å². The standard InChI is InChI=1S/C19H17FN4O3S/c1-11-18(27-19(25)22-8-12-2-3-12)28-16(23-11)7-4-13-10-26-24-17(13)15-6-5-14(20)9-21-15/h4-7,9-10,12H,2-3,8H2,1H3,(H,22,25)/b7-4+. The first-order chi connectivity index (χ1) is 13.6. The van der Waals surface area contributed by atoms with Gasteiger partial charge in [0.15, 0.2) is 0 Å². The highest BCUT2D eigenvalue weighted by molar-refractivity contribution is 7.14. The van der Waals surface area contributed by atoms with E-state index in [0.717, 1.165) is 19.0 Å². The number of hydrogen-bond donors (Lipinski definition) is 1. The van der Waals surface area contributed by atoms with Crippen LogP contribution in [0.25, 0.3) is 23.5 Å². The molecule has 7 nitrogen and oxygen atoms in total. The zero-order valence-electron chi connectivity index (χ0n) is 15.0. The number of rotatable bonds is 6. The molecular formula is C19H17FN4O3S. The highest BCUT2D eigenvalue weighted by atomic mass is 32.1. The number of halogens is 1. The first kappa shape index (κ1) is 18.3. The highest BCUT2D eigenvalue weighted by Gasteiger charge is 2.22. The minimum Gasteiger partial charge on any atom is -0.397 e. The average Bonchev–Trinajstić information content (AvgIpc) is 3.29. The van der Waals surface area contributed by atoms with Gasteiger partial charge < -0.3 is 14.6 Å². The summed E-state index contributed by atoms with van der Waals surface area (Å²) >= 11 is 1.27. The van der Waals surface area contributed by atoms with Crippen molar-refractivity contribution in [3.05, 3.63) is 46.7 Å². The molecule has 1 fully saturated rings. The lowest BCUT2D eigenvalue weighted by molar-refractivity contribution is 0.201. The molecule has 0 saturated heterocycles. The molecule has 0 radical (unpaired) electrons. The molecule has 0 bridgehead atoms. The molecule has 3 aromatic rings. The van der Waals surface area contributed by atoms with Gasteiger partial charge in [-0.15, -0.1) is 0 Å². The Hall–Kier alpha value is -3.07. The van der Waals surface area contributed by atoms with E-state index in [-0.39, 0.29) is 0 Å². The fourth-order valence-electron chi connectivity index (χ4n) is 2.47. The number of carbonyl (C=O) groups excluding carboxylic acids is 1. The van der Waals surface area contributed by atoms with Gasteiger partial charge in [0.05, 0.1) is 17.6 Å². The van der Waals surface area contributed by atoms with E-state index in [2.05, 4.69) is 20.4 Å². The summed E-state index contributed by atoms with van der Waals surface area (Å²) in [6.45, 7) is 2.43. The van der Waals surface area contributed by atoms with Gasteiger partial charge in [0.1, 0.15) is 22.8 Å². The number of aryl methyl sites for hydroxylation is 1. The summed E-state index contributed by atoms with van der Waals surface area (Å²) < 4.78 is 23.4. The predicted molar refractivity (Wildman–Crippen MR) is 102 cm³/mol. The van der Waals surface area contributed by atoms with Crippen LogP contribution in [0.4, 0.5) is 9.18 Å². The van der Waals surface area contributed by atoms with Gasteiger partial charge in [-0.05, 0) is 50.0 Å². The summed E-state index contributed by atoms with van der Waals surface area (Å²) in [6, 6.07) is 2.84. The molecule has 1 amide bonds. The van der Waals surface area contributed by atoms with Crippen LogP contribution in [0.15, 0.2) is 29.1 Å². The number of ether oxygens (including phenoxy) is 1. The molecule has 4 rings (SSSR count). The van der Waals surface area contributed by atoms with E-state index in [1.807, 2.05) is 0 Å². The highest BCUT2D eigenvalue weighted by Crippen LogP contribution is 2.30. The van der Waals surface area contributed by atoms with Gasteiger partial charge in [-0.3, -0.25) is 4.98 Å². The first-order valence-corrected chi connectivity index (χ1v) is 9.57. The molecule has 3 heterocycles. The third-order valence-electron chi connectivity index (χ3n) is 4.16. The van der Waals surface area contributed by atoms with E-state index >= 15 is 0 Å². The summed E-state index contributed by atoms with van der Waals surface area (Å²) in [7, 11) is 0. The molecule has 1 N–H and O–H groups in total. The van der Waals surface area contributed by atoms with Gasteiger partial charge in [-0.25, -0.2) is 14.2 Å². The third-order valence-corrected chi connectivity index (χ3v) is 5.16. The van der Waals surface area contributed by atoms with Gasteiger partial charge in [0, 0.05) is 12.1 Å². The maximum atomic E-state index is 13.1. The van der Waals surface area contributed by atoms with Crippen LogP contribution in [0.2, 0.25) is 0 Å². The van der Waals surface area contributed by atoms with E-state index in [4.69, 9.17) is 9.26 Å². The molecule has 28 heavy (non-hydrogen) atoms. The van der Waals surface area contributed by atoms with Crippen LogP contribution in [0.1, 0.15) is 29.1 Å². The molecule has 1 aliphatic carbocycles. The number of carbonyl (C=O) groups is 1. The molecule has 0 aromatic carbocycles. The molecule has 0 atom stereocenters. The molecule has 9 heteroatoms. The maximum Gasteiger partial charge on any atom is 0.413 e. The van der Waals surface area contributed by atoms with Gasteiger partial charge >= 0.3 is 6.09 Å². The van der Waals surface area contributed by atoms with Gasteiger partial charge in [0.25, 0.3) is 0 Å². The van der Waals surface area contributed by atoms with Gasteiger partial charge in [-0.2, -0.15) is 0 Å². The van der Waals surface area contributed by atoms with Crippen molar-refractivity contribution in [3.63, 3.8) is 0 Å². The summed E-state index contributed by atoms with van der Waals surface area (Å²) in [5.41, 5.74) is 2.32. The van der Waals surface area contributed by atoms with Crippen molar-refractivity contribution in [3.8, 4) is 16.5 Å². The molecule has 0 aliphatic heterocycles. The van der Waals surface area contributed by atoms with Crippen LogP contribution >= 0.6 is 11.3 Å². The summed E-state index contributed by atoms with van der Waals surface area (Å²) in [5.74, 6) is 0.165. The minimum absolute atomic E-state index is 0.420. The molecule has 0 unspecified atom stereocenters. The van der Waals surface area contributed by atoms with Crippen molar-refractivity contribution in [2.45, 2.75) is 19.8 Å². The zero-order valence-corrected chi connectivity index (χ0v) is 15.8. The van der Waals surface area contributed by atoms with E-state index in [1.165, 1.54) is 29.7 Å². The van der Waals surface area contributed by atoms with Crippen molar-refractivity contribution in [1.82, 2.24) is 20.4 Å². The Kier molecular flexibility index (Phi) is 5.16. The van der Waals surface area contributed by atoms with Crippen molar-refractivity contribution in [1.29, 1.82) is 0 Å². The second-order valence-electron chi connectivity index (χ2n) is 6.45. The van der Waals surface area contributed by atoms with Crippen LogP contribution in [0, 0.1) is 18.7 Å². The maximum absolute atomic E-state index is 13.1. The lowest BCUT2D eigenvalue weighted by Crippen LogP contribution is -2.28. The van der Waals surface area contributed by atoms with Crippen molar-refractivity contribution >= 4 is 29.6 Å². The smallest absolute Gasteiger partial charge is 0.397 e. The van der Waals surface area contributed by atoms with E-state index in [0.29, 0.717) is 45.2 Å². The molecule has 3 aromatic heterocycles. The van der Waals surface area contributed by atoms with E-state index < -0.39 is 11.9 Å². The largest absolute Gasteiger partial charge is 0.413 e. The molecule has 1 aliphatic rings. The zero-order chi connectivity index (χ0) is 19.5. The van der Waals surface area contributed by atoms with Crippen LogP contribution in [-0.2, 0) is 0 Å². The Morgan fingerprint density at radius 3 is 3.04 bits per heavy atom. The fraction of sp³-hybridized carbons (Fsp3) is 0.263. The first-order valence-electron chi connectivity index (χ1n) is 8.76. The third kappa shape index (κ3) is 4.42. The van der Waals surface area contributed by atoms with Crippen LogP contribution in [0.3, 0.4) is 0 Å². The lowest BCUT2D eigenvalue weighted by Gasteiger charge is -2.03. The molecular weight excluding hydrogens is 383 g/mol. The quantitative estimate of drug-likeness (QED) is 0.663. The number of thiazole rings is 1. The van der Waals surface area contributed by atoms with E-state index in [9.17, 15) is 9.18 Å². The average molecular weight is 400 g/mol. The monoisotopic (exact) mass is 400 g/mol. The van der Waals surface area contributed by atoms with Gasteiger partial charge in [-0.1, -0.05) is 16.5 Å². The predicted octanol–water partition coefficient (Wildman–Crippen LogP) is 4.31. The number of nitrogens with one attached hydrogen (secondary N) is 1. The number of nitrogens with zero attached hydrogens (tertiary/aromatic N) is 3. The summed E-state index contributed by atoms with van der Waals surface area (Å²) in [4.78, 5) is 20.3. The molecule has 1 saturated carbocycles. The SMILES string of the molecule is Cc1nc(/C=C/c2conc2-c2ccc(F)cn2)sc1OC(=O)NCC1CC1. The Balaban J connectivity index is 1.44. The Morgan fingerprint density at radius 1 is 1.43 bits per heavy atom. The second kappa shape index (κ2) is 7.89. The second-order valence-corrected chi connectivity index (χ2v) is 7.45. The van der Waals surface area contributed by atoms with Gasteiger partial charge in [0.2, 0.25) is 5.06 Å². The number of amides is 1. The topological polar surface area (TPSA) is 90.1 Å². The van der Waals surface area contributed by atoms with Crippen LogP contribution in [-0.4, -0.2) is 27.8 Å². The van der Waals surface area contributed by atoms with E-state index in [1.54, 1.807) is 19.1 Å². The number of hydrogen-bond acceptors (Lipinski definition) is 7. The molecule has 144 valence electrons. The minimum atomic E-state index is -0.460. The Morgan fingerprint density at radius 2 is 2.29 bits per heavy atom. The Labute approximate surface area is 164 Å². The summed E-state index contributed by atoms with van der Waals surface area (Å²) in [5, 5.41) is 7.81. The number of aromatic nitrogens is 3. The molecule has 0 spiro atoms. The lowest BCUT2D eigenvalue weighted by atomic mass is 10.1. The van der Waals surface area contributed by atoms with Crippen molar-refractivity contribution in [2.24, 2.45) is 5.92 Å². The van der Waals surface area contributed by atoms with Crippen molar-refractivity contribution < 1.29 is 18.4 Å². The summed E-state index contributed by atoms with van der Waals surface area (Å²) in [6.07, 6.45) is 8.00. The number of pyridine rings is 1. The van der Waals surface area contributed by atoms with Crippen LogP contribution < -0.4 is 10.1 Å². The Bertz CT molecular complexity index is 1010. The normalized spacial score (nSPS) is 13.8.